The van der Waals surface area contributed by atoms with Crippen molar-refractivity contribution in [2.75, 3.05) is 0 Å². The molecule has 1 aromatic carbocycles. The Kier molecular flexibility index (Phi) is 5.32. The largest absolute Gasteiger partial charge is 0.460 e. The highest BCUT2D eigenvalue weighted by atomic mass is 28.4. The molecule has 0 aromatic heterocycles. The highest BCUT2D eigenvalue weighted by Crippen LogP contribution is 2.45. The molecule has 1 aromatic rings. The summed E-state index contributed by atoms with van der Waals surface area (Å²) in [6.45, 7) is 12.5. The van der Waals surface area contributed by atoms with Crippen molar-refractivity contribution in [2.24, 2.45) is 0 Å². The molecular formula is C20H30O5Si. The summed E-state index contributed by atoms with van der Waals surface area (Å²) < 4.78 is 24.5. The Morgan fingerprint density at radius 3 is 2.19 bits per heavy atom. The van der Waals surface area contributed by atoms with Crippen LogP contribution < -0.4 is 0 Å². The Hall–Kier alpha value is -1.21. The van der Waals surface area contributed by atoms with Crippen molar-refractivity contribution in [3.63, 3.8) is 0 Å². The van der Waals surface area contributed by atoms with E-state index in [1.54, 1.807) is 0 Å². The first-order valence-corrected chi connectivity index (χ1v) is 12.2. The van der Waals surface area contributed by atoms with Crippen LogP contribution in [-0.2, 0) is 23.4 Å². The van der Waals surface area contributed by atoms with Gasteiger partial charge in [-0.25, -0.2) is 0 Å². The molecule has 0 radical (unpaired) electrons. The number of esters is 1. The first-order chi connectivity index (χ1) is 12.1. The molecule has 1 aliphatic carbocycles. The van der Waals surface area contributed by atoms with Gasteiger partial charge in [-0.2, -0.15) is 0 Å². The molecule has 6 heteroatoms. The molecule has 2 aliphatic rings. The third kappa shape index (κ3) is 3.88. The SMILES string of the molecule is CC(=O)O[C@@H]1C[C@H](O[Si](C)(C)C(C)(C)C)[C@H]2O[C@H](c3ccccc3)O[C@H]21. The van der Waals surface area contributed by atoms with Crippen molar-refractivity contribution < 1.29 is 23.4 Å². The van der Waals surface area contributed by atoms with Gasteiger partial charge in [0, 0.05) is 18.9 Å². The number of rotatable bonds is 4. The second-order valence-electron chi connectivity index (χ2n) is 8.74. The van der Waals surface area contributed by atoms with Crippen molar-refractivity contribution >= 4 is 14.3 Å². The fourth-order valence-electron chi connectivity index (χ4n) is 3.33. The zero-order chi connectivity index (χ0) is 19.1. The number of hydrogen-bond acceptors (Lipinski definition) is 5. The standard InChI is InChI=1S/C20H30O5Si/c1-13(21)22-15-12-16(25-26(5,6)20(2,3)4)18-17(15)23-19(24-18)14-10-8-7-9-11-14/h7-11,15-19H,12H2,1-6H3/t15-,16+,17+,18-,19-/m1/s1. The fraction of sp³-hybridized carbons (Fsp3) is 0.650. The molecule has 0 unspecified atom stereocenters. The predicted molar refractivity (Wildman–Crippen MR) is 101 cm³/mol. The molecule has 5 nitrogen and oxygen atoms in total. The van der Waals surface area contributed by atoms with E-state index in [9.17, 15) is 4.79 Å². The van der Waals surface area contributed by atoms with Gasteiger partial charge in [0.25, 0.3) is 0 Å². The zero-order valence-electron chi connectivity index (χ0n) is 16.5. The summed E-state index contributed by atoms with van der Waals surface area (Å²) in [6, 6.07) is 9.85. The molecule has 144 valence electrons. The van der Waals surface area contributed by atoms with Gasteiger partial charge in [0.2, 0.25) is 0 Å². The number of carbonyl (C=O) groups excluding carboxylic acids is 1. The molecule has 1 saturated carbocycles. The van der Waals surface area contributed by atoms with E-state index in [0.29, 0.717) is 6.42 Å². The Morgan fingerprint density at radius 2 is 1.65 bits per heavy atom. The molecule has 0 amide bonds. The van der Waals surface area contributed by atoms with Crippen molar-refractivity contribution in [1.29, 1.82) is 0 Å². The second-order valence-corrected chi connectivity index (χ2v) is 13.5. The first-order valence-electron chi connectivity index (χ1n) is 9.29. The van der Waals surface area contributed by atoms with E-state index in [0.717, 1.165) is 5.56 Å². The van der Waals surface area contributed by atoms with Gasteiger partial charge in [-0.1, -0.05) is 51.1 Å². The van der Waals surface area contributed by atoms with E-state index < -0.39 is 14.6 Å². The summed E-state index contributed by atoms with van der Waals surface area (Å²) >= 11 is 0. The number of carbonyl (C=O) groups is 1. The van der Waals surface area contributed by atoms with E-state index in [4.69, 9.17) is 18.6 Å². The van der Waals surface area contributed by atoms with Gasteiger partial charge < -0.3 is 18.6 Å². The lowest BCUT2D eigenvalue weighted by Gasteiger charge is -2.39. The van der Waals surface area contributed by atoms with Crippen LogP contribution in [0.3, 0.4) is 0 Å². The van der Waals surface area contributed by atoms with Crippen molar-refractivity contribution in [3.8, 4) is 0 Å². The molecule has 1 saturated heterocycles. The summed E-state index contributed by atoms with van der Waals surface area (Å²) in [5.41, 5.74) is 0.967. The van der Waals surface area contributed by atoms with Gasteiger partial charge in [0.05, 0.1) is 6.10 Å². The minimum absolute atomic E-state index is 0.0975. The quantitative estimate of drug-likeness (QED) is 0.581. The smallest absolute Gasteiger partial charge is 0.302 e. The van der Waals surface area contributed by atoms with E-state index in [1.807, 2.05) is 30.3 Å². The minimum Gasteiger partial charge on any atom is -0.460 e. The lowest BCUT2D eigenvalue weighted by Crippen LogP contribution is -2.46. The van der Waals surface area contributed by atoms with Crippen LogP contribution in [0.2, 0.25) is 18.1 Å². The summed E-state index contributed by atoms with van der Waals surface area (Å²) in [5, 5.41) is 0.0975. The zero-order valence-corrected chi connectivity index (χ0v) is 17.5. The van der Waals surface area contributed by atoms with Crippen LogP contribution in [0.15, 0.2) is 30.3 Å². The number of ether oxygens (including phenoxy) is 3. The fourth-order valence-corrected chi connectivity index (χ4v) is 4.67. The summed E-state index contributed by atoms with van der Waals surface area (Å²) in [7, 11) is -1.98. The normalized spacial score (nSPS) is 31.7. The van der Waals surface area contributed by atoms with E-state index in [1.165, 1.54) is 6.92 Å². The molecule has 5 atom stereocenters. The maximum absolute atomic E-state index is 11.5. The van der Waals surface area contributed by atoms with Gasteiger partial charge in [0.15, 0.2) is 14.6 Å². The summed E-state index contributed by atoms with van der Waals surface area (Å²) in [5.74, 6) is -0.298. The molecule has 26 heavy (non-hydrogen) atoms. The third-order valence-electron chi connectivity index (χ3n) is 5.72. The van der Waals surface area contributed by atoms with Crippen LogP contribution in [-0.4, -0.2) is 38.7 Å². The number of fused-ring (bicyclic) bond motifs is 1. The van der Waals surface area contributed by atoms with Crippen molar-refractivity contribution in [1.82, 2.24) is 0 Å². The Balaban J connectivity index is 1.80. The Labute approximate surface area is 157 Å². The summed E-state index contributed by atoms with van der Waals surface area (Å²) in [4.78, 5) is 11.5. The third-order valence-corrected chi connectivity index (χ3v) is 10.2. The summed E-state index contributed by atoms with van der Waals surface area (Å²) in [6.07, 6.45) is -0.810. The molecule has 0 bridgehead atoms. The maximum Gasteiger partial charge on any atom is 0.302 e. The topological polar surface area (TPSA) is 54.0 Å². The van der Waals surface area contributed by atoms with Gasteiger partial charge in [-0.3, -0.25) is 4.79 Å². The van der Waals surface area contributed by atoms with Gasteiger partial charge in [-0.05, 0) is 18.1 Å². The molecule has 2 fully saturated rings. The van der Waals surface area contributed by atoms with Crippen LogP contribution in [0, 0.1) is 0 Å². The van der Waals surface area contributed by atoms with Crippen molar-refractivity contribution in [2.45, 2.75) is 83.0 Å². The van der Waals surface area contributed by atoms with E-state index >= 15 is 0 Å². The van der Waals surface area contributed by atoms with E-state index in [-0.39, 0.29) is 35.4 Å². The van der Waals surface area contributed by atoms with E-state index in [2.05, 4.69) is 33.9 Å². The number of benzene rings is 1. The van der Waals surface area contributed by atoms with Crippen LogP contribution in [0.5, 0.6) is 0 Å². The van der Waals surface area contributed by atoms with Crippen LogP contribution in [0.25, 0.3) is 0 Å². The average molecular weight is 379 g/mol. The highest BCUT2D eigenvalue weighted by molar-refractivity contribution is 6.74. The lowest BCUT2D eigenvalue weighted by atomic mass is 10.2. The Morgan fingerprint density at radius 1 is 1.08 bits per heavy atom. The number of hydrogen-bond donors (Lipinski definition) is 0. The van der Waals surface area contributed by atoms with Gasteiger partial charge in [0.1, 0.15) is 18.3 Å². The average Bonchev–Trinajstić information content (AvgIpc) is 3.08. The second kappa shape index (κ2) is 7.07. The minimum atomic E-state index is -1.98. The molecule has 1 aliphatic heterocycles. The molecule has 0 N–H and O–H groups in total. The molecule has 0 spiro atoms. The monoisotopic (exact) mass is 378 g/mol. The molecule has 1 heterocycles. The molecule has 3 rings (SSSR count). The Bertz CT molecular complexity index is 639. The highest BCUT2D eigenvalue weighted by Gasteiger charge is 2.55. The van der Waals surface area contributed by atoms with Crippen LogP contribution in [0.4, 0.5) is 0 Å². The molecular weight excluding hydrogens is 348 g/mol. The van der Waals surface area contributed by atoms with Gasteiger partial charge >= 0.3 is 5.97 Å². The van der Waals surface area contributed by atoms with Crippen LogP contribution in [0.1, 0.15) is 46.0 Å². The first kappa shape index (κ1) is 19.5. The lowest BCUT2D eigenvalue weighted by molar-refractivity contribution is -0.156. The van der Waals surface area contributed by atoms with Crippen molar-refractivity contribution in [3.05, 3.63) is 35.9 Å². The predicted octanol–water partition coefficient (Wildman–Crippen LogP) is 4.20. The van der Waals surface area contributed by atoms with Gasteiger partial charge in [-0.15, -0.1) is 0 Å². The maximum atomic E-state index is 11.5. The van der Waals surface area contributed by atoms with Crippen LogP contribution >= 0.6 is 0 Å².